The van der Waals surface area contributed by atoms with Gasteiger partial charge in [0.15, 0.2) is 5.78 Å². The van der Waals surface area contributed by atoms with E-state index in [-0.39, 0.29) is 18.2 Å². The number of ether oxygens (including phenoxy) is 1. The van der Waals surface area contributed by atoms with Crippen LogP contribution in [0, 0.1) is 6.92 Å². The van der Waals surface area contributed by atoms with Gasteiger partial charge in [-0.05, 0) is 26.0 Å². The van der Waals surface area contributed by atoms with Gasteiger partial charge in [0, 0.05) is 16.9 Å². The lowest BCUT2D eigenvalue weighted by atomic mass is 10.1. The standard InChI is InChI=1S/C19H20O3S/c1-3-22-19(21)18(23-16-11-9-14(2)10-12-16)13-17(20)15-7-5-4-6-8-15/h4-12,18H,3,13H2,1-2H3. The Kier molecular flexibility index (Phi) is 6.41. The van der Waals surface area contributed by atoms with Gasteiger partial charge in [-0.1, -0.05) is 48.0 Å². The zero-order chi connectivity index (χ0) is 16.7. The van der Waals surface area contributed by atoms with Gasteiger partial charge in [-0.2, -0.15) is 0 Å². The summed E-state index contributed by atoms with van der Waals surface area (Å²) in [5, 5.41) is -0.537. The molecule has 0 fully saturated rings. The highest BCUT2D eigenvalue weighted by Gasteiger charge is 2.25. The first-order valence-electron chi connectivity index (χ1n) is 7.58. The fraction of sp³-hybridized carbons (Fsp3) is 0.263. The number of carbonyl (C=O) groups excluding carboxylic acids is 2. The topological polar surface area (TPSA) is 43.4 Å². The van der Waals surface area contributed by atoms with E-state index in [0.717, 1.165) is 10.5 Å². The van der Waals surface area contributed by atoms with Crippen molar-refractivity contribution in [1.29, 1.82) is 0 Å². The molecule has 4 heteroatoms. The van der Waals surface area contributed by atoms with Gasteiger partial charge < -0.3 is 4.74 Å². The number of hydrogen-bond donors (Lipinski definition) is 0. The van der Waals surface area contributed by atoms with Crippen LogP contribution in [-0.2, 0) is 9.53 Å². The first kappa shape index (κ1) is 17.3. The molecule has 0 N–H and O–H groups in total. The molecular formula is C19H20O3S. The van der Waals surface area contributed by atoms with Gasteiger partial charge in [0.2, 0.25) is 0 Å². The number of thioether (sulfide) groups is 1. The molecule has 0 aliphatic rings. The summed E-state index contributed by atoms with van der Waals surface area (Å²) in [6, 6.07) is 16.9. The van der Waals surface area contributed by atoms with Crippen LogP contribution >= 0.6 is 11.8 Å². The van der Waals surface area contributed by atoms with Gasteiger partial charge in [-0.3, -0.25) is 9.59 Å². The lowest BCUT2D eigenvalue weighted by molar-refractivity contribution is -0.142. The first-order valence-corrected chi connectivity index (χ1v) is 8.46. The van der Waals surface area contributed by atoms with Gasteiger partial charge in [-0.15, -0.1) is 11.8 Å². The van der Waals surface area contributed by atoms with E-state index in [1.165, 1.54) is 11.8 Å². The van der Waals surface area contributed by atoms with E-state index in [0.29, 0.717) is 12.2 Å². The van der Waals surface area contributed by atoms with Crippen LogP contribution < -0.4 is 0 Å². The summed E-state index contributed by atoms with van der Waals surface area (Å²) in [7, 11) is 0. The van der Waals surface area contributed by atoms with Gasteiger partial charge in [-0.25, -0.2) is 0 Å². The quantitative estimate of drug-likeness (QED) is 0.432. The molecule has 0 saturated heterocycles. The molecule has 0 bridgehead atoms. The molecule has 0 radical (unpaired) electrons. The zero-order valence-electron chi connectivity index (χ0n) is 13.3. The van der Waals surface area contributed by atoms with E-state index >= 15 is 0 Å². The number of hydrogen-bond acceptors (Lipinski definition) is 4. The van der Waals surface area contributed by atoms with Crippen LogP contribution in [0.5, 0.6) is 0 Å². The molecule has 120 valence electrons. The Labute approximate surface area is 141 Å². The molecule has 0 heterocycles. The van der Waals surface area contributed by atoms with Gasteiger partial charge in [0.05, 0.1) is 6.61 Å². The smallest absolute Gasteiger partial charge is 0.319 e. The van der Waals surface area contributed by atoms with Crippen LogP contribution in [0.4, 0.5) is 0 Å². The maximum Gasteiger partial charge on any atom is 0.319 e. The molecular weight excluding hydrogens is 308 g/mol. The fourth-order valence-corrected chi connectivity index (χ4v) is 3.12. The normalized spacial score (nSPS) is 11.7. The van der Waals surface area contributed by atoms with E-state index < -0.39 is 5.25 Å². The Morgan fingerprint density at radius 3 is 2.30 bits per heavy atom. The zero-order valence-corrected chi connectivity index (χ0v) is 14.1. The average Bonchev–Trinajstić information content (AvgIpc) is 2.57. The van der Waals surface area contributed by atoms with E-state index in [4.69, 9.17) is 4.74 Å². The molecule has 2 aromatic carbocycles. The van der Waals surface area contributed by atoms with Crippen LogP contribution in [0.1, 0.15) is 29.3 Å². The monoisotopic (exact) mass is 328 g/mol. The molecule has 1 atom stereocenters. The molecule has 2 rings (SSSR count). The van der Waals surface area contributed by atoms with E-state index in [9.17, 15) is 9.59 Å². The Bertz CT molecular complexity index is 650. The minimum Gasteiger partial charge on any atom is -0.465 e. The molecule has 2 aromatic rings. The Hall–Kier alpha value is -2.07. The van der Waals surface area contributed by atoms with E-state index in [1.54, 1.807) is 19.1 Å². The predicted octanol–water partition coefficient (Wildman–Crippen LogP) is 4.29. The molecule has 23 heavy (non-hydrogen) atoms. The predicted molar refractivity (Wildman–Crippen MR) is 92.8 cm³/mol. The average molecular weight is 328 g/mol. The summed E-state index contributed by atoms with van der Waals surface area (Å²) in [5.41, 5.74) is 1.77. The molecule has 0 aliphatic carbocycles. The largest absolute Gasteiger partial charge is 0.465 e. The third kappa shape index (κ3) is 5.25. The van der Waals surface area contributed by atoms with Crippen molar-refractivity contribution < 1.29 is 14.3 Å². The first-order chi connectivity index (χ1) is 11.1. The summed E-state index contributed by atoms with van der Waals surface area (Å²) < 4.78 is 5.12. The summed E-state index contributed by atoms with van der Waals surface area (Å²) in [6.07, 6.45) is 0.126. The van der Waals surface area contributed by atoms with Crippen molar-refractivity contribution in [3.63, 3.8) is 0 Å². The van der Waals surface area contributed by atoms with Crippen molar-refractivity contribution >= 4 is 23.5 Å². The van der Waals surface area contributed by atoms with Gasteiger partial charge in [0.25, 0.3) is 0 Å². The van der Waals surface area contributed by atoms with Crippen LogP contribution in [0.3, 0.4) is 0 Å². The highest BCUT2D eigenvalue weighted by molar-refractivity contribution is 8.00. The molecule has 0 aromatic heterocycles. The van der Waals surface area contributed by atoms with E-state index in [1.807, 2.05) is 49.4 Å². The number of benzene rings is 2. The van der Waals surface area contributed by atoms with E-state index in [2.05, 4.69) is 0 Å². The molecule has 0 saturated carbocycles. The second-order valence-electron chi connectivity index (χ2n) is 5.16. The van der Waals surface area contributed by atoms with Crippen LogP contribution in [0.2, 0.25) is 0 Å². The lowest BCUT2D eigenvalue weighted by Crippen LogP contribution is -2.23. The molecule has 3 nitrogen and oxygen atoms in total. The van der Waals surface area contributed by atoms with Crippen LogP contribution in [0.15, 0.2) is 59.5 Å². The second kappa shape index (κ2) is 8.53. The summed E-state index contributed by atoms with van der Waals surface area (Å²) >= 11 is 1.37. The molecule has 1 unspecified atom stereocenters. The number of carbonyl (C=O) groups is 2. The van der Waals surface area contributed by atoms with Gasteiger partial charge >= 0.3 is 5.97 Å². The third-order valence-corrected chi connectivity index (χ3v) is 4.50. The van der Waals surface area contributed by atoms with Crippen LogP contribution in [0.25, 0.3) is 0 Å². The van der Waals surface area contributed by atoms with Crippen molar-refractivity contribution in [2.75, 3.05) is 6.61 Å². The number of Topliss-reactive ketones (excluding diaryl/α,β-unsaturated/α-hetero) is 1. The highest BCUT2D eigenvalue weighted by atomic mass is 32.2. The molecule has 0 spiro atoms. The van der Waals surface area contributed by atoms with Crippen molar-refractivity contribution in [3.8, 4) is 0 Å². The van der Waals surface area contributed by atoms with Crippen LogP contribution in [-0.4, -0.2) is 23.6 Å². The summed E-state index contributed by atoms with van der Waals surface area (Å²) in [4.78, 5) is 25.5. The number of rotatable bonds is 7. The molecule has 0 amide bonds. The van der Waals surface area contributed by atoms with Gasteiger partial charge in [0.1, 0.15) is 5.25 Å². The maximum absolute atomic E-state index is 12.4. The SMILES string of the molecule is CCOC(=O)C(CC(=O)c1ccccc1)Sc1ccc(C)cc1. The highest BCUT2D eigenvalue weighted by Crippen LogP contribution is 2.28. The van der Waals surface area contributed by atoms with Crippen molar-refractivity contribution in [1.82, 2.24) is 0 Å². The Morgan fingerprint density at radius 1 is 1.04 bits per heavy atom. The number of esters is 1. The van der Waals surface area contributed by atoms with Crippen molar-refractivity contribution in [3.05, 3.63) is 65.7 Å². The minimum atomic E-state index is -0.537. The lowest BCUT2D eigenvalue weighted by Gasteiger charge is -2.15. The van der Waals surface area contributed by atoms with Crippen molar-refractivity contribution in [2.45, 2.75) is 30.4 Å². The minimum absolute atomic E-state index is 0.0525. The summed E-state index contributed by atoms with van der Waals surface area (Å²) in [6.45, 7) is 4.09. The second-order valence-corrected chi connectivity index (χ2v) is 6.44. The maximum atomic E-state index is 12.4. The fourth-order valence-electron chi connectivity index (χ4n) is 2.10. The summed E-state index contributed by atoms with van der Waals surface area (Å²) in [5.74, 6) is -0.398. The number of aryl methyl sites for hydroxylation is 1. The Morgan fingerprint density at radius 2 is 1.70 bits per heavy atom. The number of ketones is 1. The van der Waals surface area contributed by atoms with Crippen molar-refractivity contribution in [2.24, 2.45) is 0 Å². The Balaban J connectivity index is 2.12. The third-order valence-electron chi connectivity index (χ3n) is 3.32. The molecule has 0 aliphatic heterocycles.